The van der Waals surface area contributed by atoms with Crippen LogP contribution in [0.15, 0.2) is 40.2 Å². The van der Waals surface area contributed by atoms with E-state index >= 15 is 0 Å². The van der Waals surface area contributed by atoms with Crippen molar-refractivity contribution in [1.82, 2.24) is 14.6 Å². The van der Waals surface area contributed by atoms with E-state index in [9.17, 15) is 14.7 Å². The number of carbonyl (C=O) groups is 1. The average molecular weight is 465 g/mol. The second kappa shape index (κ2) is 9.12. The first-order chi connectivity index (χ1) is 15.7. The highest BCUT2D eigenvalue weighted by Gasteiger charge is 2.26. The summed E-state index contributed by atoms with van der Waals surface area (Å²) in [5, 5.41) is 15.0. The van der Waals surface area contributed by atoms with Gasteiger partial charge < -0.3 is 5.11 Å². The topological polar surface area (TPSA) is 88.6 Å². The van der Waals surface area contributed by atoms with Crippen LogP contribution in [0.4, 0.5) is 0 Å². The van der Waals surface area contributed by atoms with Crippen molar-refractivity contribution < 1.29 is 9.90 Å². The maximum Gasteiger partial charge on any atom is 0.328 e. The maximum atomic E-state index is 12.4. The second-order valence-electron chi connectivity index (χ2n) is 11.0. The average Bonchev–Trinajstić information content (AvgIpc) is 2.95. The third-order valence-corrected chi connectivity index (χ3v) is 6.13. The Bertz CT molecular complexity index is 1280. The first-order valence-corrected chi connectivity index (χ1v) is 11.5. The van der Waals surface area contributed by atoms with Crippen LogP contribution in [-0.4, -0.2) is 26.4 Å². The highest BCUT2D eigenvalue weighted by Crippen LogP contribution is 2.39. The number of imidazole rings is 1. The summed E-state index contributed by atoms with van der Waals surface area (Å²) in [4.78, 5) is 24.5. The van der Waals surface area contributed by atoms with Gasteiger partial charge in [-0.1, -0.05) is 59.7 Å². The standard InChI is InChI=1S/C27H36N4O3/c1-26(2,3)19-13-17(14-20(24(19)33)27(4,5)6)10-12-23(32)29-28-16-18-9-11-21-22(15-18)31(8)25(34)30(21)7/h9,11,13-16,33H,10,12H2,1-8H3,(H,29,32)/b28-16-. The minimum Gasteiger partial charge on any atom is -0.507 e. The molecule has 0 radical (unpaired) electrons. The lowest BCUT2D eigenvalue weighted by Crippen LogP contribution is -2.20. The van der Waals surface area contributed by atoms with Crippen molar-refractivity contribution in [3.63, 3.8) is 0 Å². The van der Waals surface area contributed by atoms with E-state index in [1.165, 1.54) is 0 Å². The number of nitrogens with zero attached hydrogens (tertiary/aromatic N) is 3. The predicted molar refractivity (Wildman–Crippen MR) is 138 cm³/mol. The Morgan fingerprint density at radius 3 is 2.09 bits per heavy atom. The fourth-order valence-electron chi connectivity index (χ4n) is 4.08. The second-order valence-corrected chi connectivity index (χ2v) is 11.0. The predicted octanol–water partition coefficient (Wildman–Crippen LogP) is 4.26. The number of fused-ring (bicyclic) bond motifs is 1. The van der Waals surface area contributed by atoms with Crippen molar-refractivity contribution in [2.24, 2.45) is 19.2 Å². The minimum atomic E-state index is -0.212. The fourth-order valence-corrected chi connectivity index (χ4v) is 4.08. The number of hydrogen-bond donors (Lipinski definition) is 2. The Morgan fingerprint density at radius 2 is 1.53 bits per heavy atom. The number of phenolic OH excluding ortho intramolecular Hbond substituents is 1. The van der Waals surface area contributed by atoms with Crippen LogP contribution >= 0.6 is 0 Å². The first-order valence-electron chi connectivity index (χ1n) is 11.5. The van der Waals surface area contributed by atoms with Gasteiger partial charge in [0, 0.05) is 20.5 Å². The van der Waals surface area contributed by atoms with E-state index in [1.54, 1.807) is 29.4 Å². The number of carbonyl (C=O) groups excluding carboxylic acids is 1. The summed E-state index contributed by atoms with van der Waals surface area (Å²) in [6, 6.07) is 9.59. The number of benzene rings is 2. The Hall–Kier alpha value is -3.35. The molecule has 34 heavy (non-hydrogen) atoms. The van der Waals surface area contributed by atoms with Crippen molar-refractivity contribution in [3.8, 4) is 5.75 Å². The van der Waals surface area contributed by atoms with Crippen LogP contribution in [0.1, 0.15) is 70.2 Å². The smallest absolute Gasteiger partial charge is 0.328 e. The summed E-state index contributed by atoms with van der Waals surface area (Å²) in [6.07, 6.45) is 2.40. The molecule has 1 amide bonds. The van der Waals surface area contributed by atoms with E-state index in [0.29, 0.717) is 12.2 Å². The van der Waals surface area contributed by atoms with Crippen molar-refractivity contribution in [2.75, 3.05) is 0 Å². The molecule has 0 aliphatic rings. The third-order valence-electron chi connectivity index (χ3n) is 6.13. The van der Waals surface area contributed by atoms with Crippen LogP contribution in [0.5, 0.6) is 5.75 Å². The molecule has 182 valence electrons. The van der Waals surface area contributed by atoms with Crippen molar-refractivity contribution in [2.45, 2.75) is 65.2 Å². The van der Waals surface area contributed by atoms with Gasteiger partial charge in [0.15, 0.2) is 0 Å². The normalized spacial score (nSPS) is 12.6. The van der Waals surface area contributed by atoms with E-state index in [4.69, 9.17) is 0 Å². The molecule has 7 nitrogen and oxygen atoms in total. The van der Waals surface area contributed by atoms with Gasteiger partial charge in [-0.05, 0) is 51.6 Å². The molecule has 2 aromatic carbocycles. The van der Waals surface area contributed by atoms with E-state index in [-0.39, 0.29) is 28.8 Å². The number of hydrazone groups is 1. The molecular formula is C27H36N4O3. The monoisotopic (exact) mass is 464 g/mol. The van der Waals surface area contributed by atoms with E-state index in [0.717, 1.165) is 33.3 Å². The number of nitrogens with one attached hydrogen (secondary N) is 1. The summed E-state index contributed by atoms with van der Waals surface area (Å²) >= 11 is 0. The van der Waals surface area contributed by atoms with Gasteiger partial charge in [-0.3, -0.25) is 13.9 Å². The molecule has 0 aliphatic heterocycles. The lowest BCUT2D eigenvalue weighted by molar-refractivity contribution is -0.121. The summed E-state index contributed by atoms with van der Waals surface area (Å²) in [5.74, 6) is 0.151. The lowest BCUT2D eigenvalue weighted by Gasteiger charge is -2.28. The van der Waals surface area contributed by atoms with Crippen LogP contribution < -0.4 is 11.1 Å². The van der Waals surface area contributed by atoms with Gasteiger partial charge in [-0.15, -0.1) is 0 Å². The summed E-state index contributed by atoms with van der Waals surface area (Å²) in [7, 11) is 3.47. The molecule has 1 aromatic heterocycles. The number of aromatic nitrogens is 2. The van der Waals surface area contributed by atoms with Crippen LogP contribution in [0.25, 0.3) is 11.0 Å². The zero-order chi connectivity index (χ0) is 25.4. The van der Waals surface area contributed by atoms with Crippen LogP contribution in [0.2, 0.25) is 0 Å². The van der Waals surface area contributed by atoms with Crippen LogP contribution in [0.3, 0.4) is 0 Å². The molecule has 3 rings (SSSR count). The van der Waals surface area contributed by atoms with Gasteiger partial charge in [0.1, 0.15) is 5.75 Å². The van der Waals surface area contributed by atoms with Crippen LogP contribution in [0, 0.1) is 0 Å². The van der Waals surface area contributed by atoms with E-state index < -0.39 is 0 Å². The number of aryl methyl sites for hydroxylation is 3. The van der Waals surface area contributed by atoms with Gasteiger partial charge in [0.2, 0.25) is 5.91 Å². The molecule has 0 saturated heterocycles. The molecule has 0 atom stereocenters. The number of aromatic hydroxyl groups is 1. The largest absolute Gasteiger partial charge is 0.507 e. The SMILES string of the molecule is Cn1c(=O)n(C)c2cc(/C=N\NC(=O)CCc3cc(C(C)(C)C)c(O)c(C(C)(C)C)c3)ccc21. The Labute approximate surface area is 201 Å². The van der Waals surface area contributed by atoms with Gasteiger partial charge in [0.05, 0.1) is 17.2 Å². The molecule has 3 aromatic rings. The van der Waals surface area contributed by atoms with Gasteiger partial charge in [0.25, 0.3) is 0 Å². The quantitative estimate of drug-likeness (QED) is 0.437. The van der Waals surface area contributed by atoms with Crippen molar-refractivity contribution in [3.05, 3.63) is 63.1 Å². The molecule has 0 aliphatic carbocycles. The number of amides is 1. The molecule has 1 heterocycles. The third kappa shape index (κ3) is 5.24. The highest BCUT2D eigenvalue weighted by atomic mass is 16.3. The van der Waals surface area contributed by atoms with E-state index in [2.05, 4.69) is 52.1 Å². The van der Waals surface area contributed by atoms with Crippen molar-refractivity contribution >= 4 is 23.2 Å². The number of rotatable bonds is 5. The summed E-state index contributed by atoms with van der Waals surface area (Å²) in [6.45, 7) is 12.4. The zero-order valence-electron chi connectivity index (χ0n) is 21.5. The summed E-state index contributed by atoms with van der Waals surface area (Å²) < 4.78 is 3.18. The fraction of sp³-hybridized carbons (Fsp3) is 0.444. The molecule has 0 fully saturated rings. The minimum absolute atomic E-state index is 0.0872. The molecule has 0 saturated carbocycles. The lowest BCUT2D eigenvalue weighted by atomic mass is 9.78. The van der Waals surface area contributed by atoms with Crippen LogP contribution in [-0.2, 0) is 36.1 Å². The molecule has 0 spiro atoms. The van der Waals surface area contributed by atoms with E-state index in [1.807, 2.05) is 30.3 Å². The molecule has 7 heteroatoms. The molecule has 0 unspecified atom stereocenters. The van der Waals surface area contributed by atoms with Gasteiger partial charge in [-0.2, -0.15) is 5.10 Å². The highest BCUT2D eigenvalue weighted by molar-refractivity contribution is 5.88. The zero-order valence-corrected chi connectivity index (χ0v) is 21.5. The molecule has 2 N–H and O–H groups in total. The Kier molecular flexibility index (Phi) is 6.78. The number of hydrogen-bond acceptors (Lipinski definition) is 4. The molecule has 0 bridgehead atoms. The maximum absolute atomic E-state index is 12.4. The van der Waals surface area contributed by atoms with Gasteiger partial charge in [-0.25, -0.2) is 10.2 Å². The van der Waals surface area contributed by atoms with Gasteiger partial charge >= 0.3 is 5.69 Å². The summed E-state index contributed by atoms with van der Waals surface area (Å²) in [5.41, 5.74) is 7.30. The van der Waals surface area contributed by atoms with Crippen molar-refractivity contribution in [1.29, 1.82) is 0 Å². The number of phenols is 1. The Balaban J connectivity index is 1.70. The Morgan fingerprint density at radius 1 is 0.971 bits per heavy atom. The molecular weight excluding hydrogens is 428 g/mol. The first kappa shape index (κ1) is 25.3.